The Bertz CT molecular complexity index is 232. The van der Waals surface area contributed by atoms with Crippen molar-refractivity contribution in [3.05, 3.63) is 0 Å². The van der Waals surface area contributed by atoms with Crippen LogP contribution in [0.25, 0.3) is 0 Å². The van der Waals surface area contributed by atoms with Crippen LogP contribution in [0.1, 0.15) is 38.5 Å². The molecule has 0 amide bonds. The van der Waals surface area contributed by atoms with Crippen LogP contribution < -0.4 is 5.48 Å². The molecule has 84 valence electrons. The number of hydrogen-bond donors (Lipinski definition) is 1. The highest BCUT2D eigenvalue weighted by molar-refractivity contribution is 5.57. The van der Waals surface area contributed by atoms with Crippen molar-refractivity contribution < 1.29 is 9.63 Å². The minimum absolute atomic E-state index is 0.189. The van der Waals surface area contributed by atoms with Crippen LogP contribution in [-0.4, -0.2) is 18.4 Å². The van der Waals surface area contributed by atoms with E-state index in [0.29, 0.717) is 12.0 Å². The second-order valence-corrected chi connectivity index (χ2v) is 5.36. The van der Waals surface area contributed by atoms with Gasteiger partial charge < -0.3 is 4.79 Å². The highest BCUT2D eigenvalue weighted by Crippen LogP contribution is 2.50. The predicted molar refractivity (Wildman–Crippen MR) is 56.0 cm³/mol. The van der Waals surface area contributed by atoms with E-state index in [1.165, 1.54) is 38.5 Å². The number of hydrogen-bond acceptors (Lipinski definition) is 3. The molecule has 0 heterocycles. The molecule has 0 aromatic rings. The van der Waals surface area contributed by atoms with Crippen molar-refractivity contribution in [1.29, 1.82) is 0 Å². The van der Waals surface area contributed by atoms with Gasteiger partial charge in [0.25, 0.3) is 0 Å². The maximum atomic E-state index is 11.1. The lowest BCUT2D eigenvalue weighted by Crippen LogP contribution is -2.35. The molecule has 3 heteroatoms. The van der Waals surface area contributed by atoms with Crippen LogP contribution in [0.3, 0.4) is 0 Å². The lowest BCUT2D eigenvalue weighted by molar-refractivity contribution is -0.131. The Morgan fingerprint density at radius 3 is 2.07 bits per heavy atom. The molecule has 1 atom stereocenters. The number of nitrogens with one attached hydrogen (secondary N) is 1. The molecule has 3 rings (SSSR count). The van der Waals surface area contributed by atoms with E-state index in [-0.39, 0.29) is 6.10 Å². The molecule has 1 unspecified atom stereocenters. The molecule has 3 fully saturated rings. The quantitative estimate of drug-likeness (QED) is 0.512. The average molecular weight is 209 g/mol. The molecule has 3 aliphatic rings. The van der Waals surface area contributed by atoms with E-state index < -0.39 is 0 Å². The molecule has 0 radical (unpaired) electrons. The smallest absolute Gasteiger partial charge is 0.151 e. The summed E-state index contributed by atoms with van der Waals surface area (Å²) in [6, 6.07) is 0.520. The van der Waals surface area contributed by atoms with E-state index >= 15 is 0 Å². The Labute approximate surface area is 90.5 Å². The third-order valence-corrected chi connectivity index (χ3v) is 3.79. The van der Waals surface area contributed by atoms with Gasteiger partial charge in [-0.05, 0) is 56.3 Å². The Morgan fingerprint density at radius 2 is 1.67 bits per heavy atom. The molecule has 0 saturated heterocycles. The summed E-state index contributed by atoms with van der Waals surface area (Å²) in [7, 11) is 0. The van der Waals surface area contributed by atoms with E-state index in [9.17, 15) is 4.79 Å². The van der Waals surface area contributed by atoms with Crippen LogP contribution in [0.4, 0.5) is 0 Å². The van der Waals surface area contributed by atoms with E-state index in [4.69, 9.17) is 4.84 Å². The zero-order valence-electron chi connectivity index (χ0n) is 9.02. The van der Waals surface area contributed by atoms with Crippen LogP contribution in [0.2, 0.25) is 0 Å². The maximum absolute atomic E-state index is 11.1. The Balaban J connectivity index is 1.55. The topological polar surface area (TPSA) is 38.3 Å². The lowest BCUT2D eigenvalue weighted by atomic mass is 9.92. The molecule has 0 bridgehead atoms. The van der Waals surface area contributed by atoms with Gasteiger partial charge in [-0.3, -0.25) is 4.84 Å². The van der Waals surface area contributed by atoms with E-state index in [0.717, 1.165) is 18.1 Å². The van der Waals surface area contributed by atoms with Crippen LogP contribution in [0.15, 0.2) is 0 Å². The molecular formula is C12H19NO2. The predicted octanol–water partition coefficient (Wildman–Crippen LogP) is 1.67. The van der Waals surface area contributed by atoms with Gasteiger partial charge >= 0.3 is 0 Å². The highest BCUT2D eigenvalue weighted by Gasteiger charge is 2.46. The standard InChI is InChI=1S/C12H19NO2/c14-7-11(15-13-10-5-6-10)12(8-1-2-8)9-3-4-9/h7-13H,1-6H2. The first-order valence-electron chi connectivity index (χ1n) is 6.25. The second-order valence-electron chi connectivity index (χ2n) is 5.36. The summed E-state index contributed by atoms with van der Waals surface area (Å²) in [5.41, 5.74) is 3.02. The summed E-state index contributed by atoms with van der Waals surface area (Å²) >= 11 is 0. The monoisotopic (exact) mass is 209 g/mol. The van der Waals surface area contributed by atoms with Gasteiger partial charge in [-0.15, -0.1) is 0 Å². The van der Waals surface area contributed by atoms with E-state index in [2.05, 4.69) is 5.48 Å². The Hall–Kier alpha value is -0.410. The Kier molecular flexibility index (Phi) is 2.53. The van der Waals surface area contributed by atoms with Gasteiger partial charge in [-0.25, -0.2) is 0 Å². The van der Waals surface area contributed by atoms with Crippen LogP contribution >= 0.6 is 0 Å². The van der Waals surface area contributed by atoms with Gasteiger partial charge in [-0.1, -0.05) is 0 Å². The summed E-state index contributed by atoms with van der Waals surface area (Å²) < 4.78 is 0. The molecule has 1 N–H and O–H groups in total. The molecule has 15 heavy (non-hydrogen) atoms. The lowest BCUT2D eigenvalue weighted by Gasteiger charge is -2.22. The molecule has 0 spiro atoms. The van der Waals surface area contributed by atoms with Gasteiger partial charge in [0.15, 0.2) is 6.29 Å². The third-order valence-electron chi connectivity index (χ3n) is 3.79. The van der Waals surface area contributed by atoms with Gasteiger partial charge in [0.05, 0.1) is 0 Å². The van der Waals surface area contributed by atoms with Crippen molar-refractivity contribution in [1.82, 2.24) is 5.48 Å². The first-order chi connectivity index (χ1) is 7.38. The number of carbonyl (C=O) groups excluding carboxylic acids is 1. The second kappa shape index (κ2) is 3.87. The number of aldehydes is 1. The summed E-state index contributed by atoms with van der Waals surface area (Å²) in [5, 5.41) is 0. The number of carbonyl (C=O) groups is 1. The van der Waals surface area contributed by atoms with Gasteiger partial charge in [0, 0.05) is 6.04 Å². The molecule has 0 aromatic carbocycles. The minimum atomic E-state index is -0.189. The fraction of sp³-hybridized carbons (Fsp3) is 0.917. The molecule has 0 aromatic heterocycles. The summed E-state index contributed by atoms with van der Waals surface area (Å²) in [6.45, 7) is 0. The zero-order valence-corrected chi connectivity index (χ0v) is 9.02. The summed E-state index contributed by atoms with van der Waals surface area (Å²) in [6.07, 6.45) is 8.43. The molecular weight excluding hydrogens is 190 g/mol. The highest BCUT2D eigenvalue weighted by atomic mass is 16.7. The fourth-order valence-electron chi connectivity index (χ4n) is 2.46. The van der Waals surface area contributed by atoms with E-state index in [1.807, 2.05) is 0 Å². The number of hydroxylamine groups is 1. The largest absolute Gasteiger partial charge is 0.300 e. The minimum Gasteiger partial charge on any atom is -0.300 e. The average Bonchev–Trinajstić information content (AvgIpc) is 3.12. The number of rotatable bonds is 7. The van der Waals surface area contributed by atoms with Crippen LogP contribution in [-0.2, 0) is 9.63 Å². The van der Waals surface area contributed by atoms with E-state index in [1.54, 1.807) is 0 Å². The van der Waals surface area contributed by atoms with Crippen molar-refractivity contribution >= 4 is 6.29 Å². The maximum Gasteiger partial charge on any atom is 0.151 e. The first kappa shape index (κ1) is 9.79. The van der Waals surface area contributed by atoms with Crippen molar-refractivity contribution in [2.75, 3.05) is 0 Å². The normalized spacial score (nSPS) is 28.1. The zero-order chi connectivity index (χ0) is 10.3. The van der Waals surface area contributed by atoms with Crippen LogP contribution in [0.5, 0.6) is 0 Å². The van der Waals surface area contributed by atoms with Crippen molar-refractivity contribution in [2.45, 2.75) is 50.7 Å². The SMILES string of the molecule is O=CC(ONC1CC1)C(C1CC1)C1CC1. The molecule has 3 aliphatic carbocycles. The van der Waals surface area contributed by atoms with Gasteiger partial charge in [0.1, 0.15) is 6.10 Å². The molecule has 3 saturated carbocycles. The summed E-state index contributed by atoms with van der Waals surface area (Å²) in [5.74, 6) is 2.05. The summed E-state index contributed by atoms with van der Waals surface area (Å²) in [4.78, 5) is 16.6. The van der Waals surface area contributed by atoms with Gasteiger partial charge in [-0.2, -0.15) is 5.48 Å². The molecule has 3 nitrogen and oxygen atoms in total. The van der Waals surface area contributed by atoms with Crippen molar-refractivity contribution in [3.63, 3.8) is 0 Å². The fourth-order valence-corrected chi connectivity index (χ4v) is 2.46. The van der Waals surface area contributed by atoms with Gasteiger partial charge in [0.2, 0.25) is 0 Å². The van der Waals surface area contributed by atoms with Crippen LogP contribution in [0, 0.1) is 17.8 Å². The van der Waals surface area contributed by atoms with Crippen molar-refractivity contribution in [3.8, 4) is 0 Å². The first-order valence-corrected chi connectivity index (χ1v) is 6.25. The Morgan fingerprint density at radius 1 is 1.07 bits per heavy atom. The third kappa shape index (κ3) is 2.40. The molecule has 0 aliphatic heterocycles. The van der Waals surface area contributed by atoms with Crippen molar-refractivity contribution in [2.24, 2.45) is 17.8 Å².